The molecule has 5 heteroatoms. The van der Waals surface area contributed by atoms with E-state index in [0.29, 0.717) is 23.7 Å². The molecule has 94 valence electrons. The molecule has 0 saturated carbocycles. The summed E-state index contributed by atoms with van der Waals surface area (Å²) in [5.74, 6) is 0.608. The first-order chi connectivity index (χ1) is 8.65. The first-order valence-electron chi connectivity index (χ1n) is 5.58. The van der Waals surface area contributed by atoms with E-state index in [1.807, 2.05) is 0 Å². The molecule has 1 aromatic heterocycles. The van der Waals surface area contributed by atoms with E-state index in [9.17, 15) is 4.79 Å². The summed E-state index contributed by atoms with van der Waals surface area (Å²) in [7, 11) is 0. The monoisotopic (exact) mass is 245 g/mol. The second-order valence-electron chi connectivity index (χ2n) is 3.99. The van der Waals surface area contributed by atoms with Crippen LogP contribution in [-0.4, -0.2) is 5.91 Å². The molecule has 5 nitrogen and oxygen atoms in total. The van der Waals surface area contributed by atoms with Crippen molar-refractivity contribution in [3.8, 4) is 0 Å². The average Bonchev–Trinajstić information content (AvgIpc) is 2.83. The summed E-state index contributed by atoms with van der Waals surface area (Å²) in [6, 6.07) is 8.72. The number of benzene rings is 1. The molecule has 2 aromatic rings. The SMILES string of the molecule is Nc1ccc(CC(=O)NCc2ccco2)c(N)c1. The Morgan fingerprint density at radius 3 is 2.78 bits per heavy atom. The van der Waals surface area contributed by atoms with Crippen LogP contribution in [0.5, 0.6) is 0 Å². The van der Waals surface area contributed by atoms with Gasteiger partial charge in [-0.05, 0) is 29.8 Å². The number of nitrogens with two attached hydrogens (primary N) is 2. The highest BCUT2D eigenvalue weighted by atomic mass is 16.3. The standard InChI is InChI=1S/C13H15N3O2/c14-10-4-3-9(12(15)7-10)6-13(17)16-8-11-2-1-5-18-11/h1-5,7H,6,8,14-15H2,(H,16,17). The number of hydrogen-bond donors (Lipinski definition) is 3. The van der Waals surface area contributed by atoms with Gasteiger partial charge < -0.3 is 21.2 Å². The van der Waals surface area contributed by atoms with Gasteiger partial charge in [-0.3, -0.25) is 4.79 Å². The molecule has 18 heavy (non-hydrogen) atoms. The van der Waals surface area contributed by atoms with E-state index in [-0.39, 0.29) is 12.3 Å². The maximum absolute atomic E-state index is 11.7. The zero-order valence-electron chi connectivity index (χ0n) is 9.85. The van der Waals surface area contributed by atoms with Crippen molar-refractivity contribution in [3.63, 3.8) is 0 Å². The zero-order chi connectivity index (χ0) is 13.0. The van der Waals surface area contributed by atoms with E-state index < -0.39 is 0 Å². The molecule has 0 aliphatic heterocycles. The fraction of sp³-hybridized carbons (Fsp3) is 0.154. The topological polar surface area (TPSA) is 94.3 Å². The number of carbonyl (C=O) groups is 1. The van der Waals surface area contributed by atoms with Gasteiger partial charge in [-0.1, -0.05) is 6.07 Å². The number of nitrogens with one attached hydrogen (secondary N) is 1. The molecule has 0 fully saturated rings. The van der Waals surface area contributed by atoms with Crippen LogP contribution in [0, 0.1) is 0 Å². The van der Waals surface area contributed by atoms with Gasteiger partial charge in [0.25, 0.3) is 0 Å². The minimum absolute atomic E-state index is 0.108. The van der Waals surface area contributed by atoms with Crippen LogP contribution >= 0.6 is 0 Å². The van der Waals surface area contributed by atoms with Crippen molar-refractivity contribution in [3.05, 3.63) is 47.9 Å². The van der Waals surface area contributed by atoms with Gasteiger partial charge in [0.05, 0.1) is 19.2 Å². The van der Waals surface area contributed by atoms with E-state index in [1.165, 1.54) is 0 Å². The van der Waals surface area contributed by atoms with Gasteiger partial charge in [-0.25, -0.2) is 0 Å². The van der Waals surface area contributed by atoms with Crippen molar-refractivity contribution >= 4 is 17.3 Å². The lowest BCUT2D eigenvalue weighted by Gasteiger charge is -2.07. The molecule has 0 aliphatic carbocycles. The number of nitrogen functional groups attached to an aromatic ring is 2. The second-order valence-corrected chi connectivity index (χ2v) is 3.99. The molecular formula is C13H15N3O2. The Morgan fingerprint density at radius 1 is 1.28 bits per heavy atom. The van der Waals surface area contributed by atoms with Gasteiger partial charge in [-0.15, -0.1) is 0 Å². The summed E-state index contributed by atoms with van der Waals surface area (Å²) in [5.41, 5.74) is 13.3. The molecule has 1 aromatic carbocycles. The molecule has 2 rings (SSSR count). The summed E-state index contributed by atoms with van der Waals surface area (Å²) >= 11 is 0. The molecule has 0 radical (unpaired) electrons. The third kappa shape index (κ3) is 3.04. The molecule has 0 spiro atoms. The minimum atomic E-state index is -0.108. The van der Waals surface area contributed by atoms with Gasteiger partial charge in [0.15, 0.2) is 0 Å². The fourth-order valence-electron chi connectivity index (χ4n) is 1.61. The largest absolute Gasteiger partial charge is 0.467 e. The third-order valence-electron chi connectivity index (χ3n) is 2.56. The van der Waals surface area contributed by atoms with E-state index in [1.54, 1.807) is 36.6 Å². The van der Waals surface area contributed by atoms with Crippen molar-refractivity contribution in [2.45, 2.75) is 13.0 Å². The predicted octanol–water partition coefficient (Wildman–Crippen LogP) is 1.30. The average molecular weight is 245 g/mol. The smallest absolute Gasteiger partial charge is 0.224 e. The van der Waals surface area contributed by atoms with Crippen molar-refractivity contribution in [2.75, 3.05) is 11.5 Å². The third-order valence-corrected chi connectivity index (χ3v) is 2.56. The van der Waals surface area contributed by atoms with Crippen LogP contribution in [0.2, 0.25) is 0 Å². The van der Waals surface area contributed by atoms with Gasteiger partial charge in [0, 0.05) is 11.4 Å². The van der Waals surface area contributed by atoms with Crippen molar-refractivity contribution in [2.24, 2.45) is 0 Å². The molecular weight excluding hydrogens is 230 g/mol. The number of hydrogen-bond acceptors (Lipinski definition) is 4. The van der Waals surface area contributed by atoms with Crippen molar-refractivity contribution < 1.29 is 9.21 Å². The second kappa shape index (κ2) is 5.27. The Bertz CT molecular complexity index is 535. The zero-order valence-corrected chi connectivity index (χ0v) is 9.85. The first-order valence-corrected chi connectivity index (χ1v) is 5.58. The molecule has 5 N–H and O–H groups in total. The lowest BCUT2D eigenvalue weighted by Crippen LogP contribution is -2.24. The van der Waals surface area contributed by atoms with E-state index in [0.717, 1.165) is 5.56 Å². The van der Waals surface area contributed by atoms with Crippen LogP contribution in [0.1, 0.15) is 11.3 Å². The maximum atomic E-state index is 11.7. The highest BCUT2D eigenvalue weighted by Gasteiger charge is 2.07. The van der Waals surface area contributed by atoms with Crippen molar-refractivity contribution in [1.82, 2.24) is 5.32 Å². The molecule has 0 bridgehead atoms. The van der Waals surface area contributed by atoms with Gasteiger partial charge in [-0.2, -0.15) is 0 Å². The summed E-state index contributed by atoms with van der Waals surface area (Å²) in [6.07, 6.45) is 1.80. The molecule has 0 atom stereocenters. The van der Waals surface area contributed by atoms with Crippen LogP contribution in [-0.2, 0) is 17.8 Å². The Kier molecular flexibility index (Phi) is 3.52. The highest BCUT2D eigenvalue weighted by Crippen LogP contribution is 2.16. The number of furan rings is 1. The lowest BCUT2D eigenvalue weighted by molar-refractivity contribution is -0.120. The molecule has 0 unspecified atom stereocenters. The number of rotatable bonds is 4. The van der Waals surface area contributed by atoms with Crippen LogP contribution in [0.4, 0.5) is 11.4 Å². The van der Waals surface area contributed by atoms with Gasteiger partial charge in [0.2, 0.25) is 5.91 Å². The fourth-order valence-corrected chi connectivity index (χ4v) is 1.61. The highest BCUT2D eigenvalue weighted by molar-refractivity contribution is 5.80. The van der Waals surface area contributed by atoms with Crippen molar-refractivity contribution in [1.29, 1.82) is 0 Å². The summed E-state index contributed by atoms with van der Waals surface area (Å²) in [6.45, 7) is 0.376. The van der Waals surface area contributed by atoms with Gasteiger partial charge in [0.1, 0.15) is 5.76 Å². The summed E-state index contributed by atoms with van der Waals surface area (Å²) in [5, 5.41) is 2.76. The molecule has 1 heterocycles. The normalized spacial score (nSPS) is 10.2. The van der Waals surface area contributed by atoms with E-state index in [2.05, 4.69) is 5.32 Å². The Balaban J connectivity index is 1.91. The lowest BCUT2D eigenvalue weighted by atomic mass is 10.1. The van der Waals surface area contributed by atoms with Crippen LogP contribution in [0.15, 0.2) is 41.0 Å². The Labute approximate surface area is 105 Å². The Morgan fingerprint density at radius 2 is 2.11 bits per heavy atom. The molecule has 0 saturated heterocycles. The number of anilines is 2. The van der Waals surface area contributed by atoms with Gasteiger partial charge >= 0.3 is 0 Å². The maximum Gasteiger partial charge on any atom is 0.224 e. The summed E-state index contributed by atoms with van der Waals surface area (Å²) < 4.78 is 5.12. The van der Waals surface area contributed by atoms with Crippen LogP contribution < -0.4 is 16.8 Å². The summed E-state index contributed by atoms with van der Waals surface area (Å²) in [4.78, 5) is 11.7. The number of amides is 1. The predicted molar refractivity (Wildman–Crippen MR) is 69.5 cm³/mol. The molecule has 0 aliphatic rings. The van der Waals surface area contributed by atoms with E-state index in [4.69, 9.17) is 15.9 Å². The number of carbonyl (C=O) groups excluding carboxylic acids is 1. The Hall–Kier alpha value is -2.43. The quantitative estimate of drug-likeness (QED) is 0.708. The minimum Gasteiger partial charge on any atom is -0.467 e. The van der Waals surface area contributed by atoms with Crippen LogP contribution in [0.3, 0.4) is 0 Å². The molecule has 1 amide bonds. The van der Waals surface area contributed by atoms with E-state index >= 15 is 0 Å². The first kappa shape index (κ1) is 12.0. The van der Waals surface area contributed by atoms with Crippen LogP contribution in [0.25, 0.3) is 0 Å².